The van der Waals surface area contributed by atoms with Gasteiger partial charge in [-0.1, -0.05) is 42.5 Å². The highest BCUT2D eigenvalue weighted by molar-refractivity contribution is 5.93. The van der Waals surface area contributed by atoms with Crippen molar-refractivity contribution in [2.24, 2.45) is 5.92 Å². The van der Waals surface area contributed by atoms with Crippen molar-refractivity contribution in [1.82, 2.24) is 0 Å². The Morgan fingerprint density at radius 2 is 2.00 bits per heavy atom. The third-order valence-corrected chi connectivity index (χ3v) is 2.36. The lowest BCUT2D eigenvalue weighted by atomic mass is 10.00. The van der Waals surface area contributed by atoms with Crippen molar-refractivity contribution in [3.63, 3.8) is 0 Å². The zero-order valence-electron chi connectivity index (χ0n) is 8.39. The normalized spacial score (nSPS) is 18.8. The first kappa shape index (κ1) is 9.71. The Morgan fingerprint density at radius 1 is 1.20 bits per heavy atom. The molecule has 1 aromatic carbocycles. The number of allylic oxidation sites excluding steroid dienone is 3. The van der Waals surface area contributed by atoms with Crippen molar-refractivity contribution >= 4 is 11.6 Å². The van der Waals surface area contributed by atoms with E-state index < -0.39 is 0 Å². The molecule has 15 heavy (non-hydrogen) atoms. The zero-order valence-corrected chi connectivity index (χ0v) is 8.39. The molecule has 1 atom stereocenters. The number of carbonyl (C=O) groups excluding carboxylic acids is 1. The van der Waals surface area contributed by atoms with Gasteiger partial charge in [0.1, 0.15) is 0 Å². The average Bonchev–Trinajstić information content (AvgIpc) is 2.31. The molecule has 0 heterocycles. The number of hydrogen-bond donors (Lipinski definition) is 1. The molecule has 2 nitrogen and oxygen atoms in total. The predicted molar refractivity (Wildman–Crippen MR) is 61.5 cm³/mol. The monoisotopic (exact) mass is 199 g/mol. The van der Waals surface area contributed by atoms with Crippen LogP contribution in [0, 0.1) is 5.92 Å². The van der Waals surface area contributed by atoms with Crippen LogP contribution in [0.3, 0.4) is 0 Å². The summed E-state index contributed by atoms with van der Waals surface area (Å²) in [5, 5.41) is 2.89. The molecule has 0 saturated heterocycles. The molecule has 1 N–H and O–H groups in total. The van der Waals surface area contributed by atoms with Crippen LogP contribution >= 0.6 is 0 Å². The van der Waals surface area contributed by atoms with Gasteiger partial charge < -0.3 is 5.32 Å². The topological polar surface area (TPSA) is 29.1 Å². The number of amides is 1. The highest BCUT2D eigenvalue weighted by atomic mass is 16.1. The molecule has 76 valence electrons. The molecule has 0 radical (unpaired) electrons. The third kappa shape index (κ3) is 2.56. The summed E-state index contributed by atoms with van der Waals surface area (Å²) in [6, 6.07) is 9.53. The van der Waals surface area contributed by atoms with E-state index in [-0.39, 0.29) is 11.8 Å². The Kier molecular flexibility index (Phi) is 2.98. The Morgan fingerprint density at radius 3 is 2.67 bits per heavy atom. The summed E-state index contributed by atoms with van der Waals surface area (Å²) in [5.41, 5.74) is 0.852. The van der Waals surface area contributed by atoms with Crippen LogP contribution in [0.1, 0.15) is 6.42 Å². The van der Waals surface area contributed by atoms with Crippen LogP contribution in [-0.4, -0.2) is 5.91 Å². The Balaban J connectivity index is 1.98. The quantitative estimate of drug-likeness (QED) is 0.779. The summed E-state index contributed by atoms with van der Waals surface area (Å²) in [6.45, 7) is 0. The van der Waals surface area contributed by atoms with Crippen LogP contribution in [0.2, 0.25) is 0 Å². The maximum atomic E-state index is 11.8. The van der Waals surface area contributed by atoms with Crippen molar-refractivity contribution in [2.45, 2.75) is 6.42 Å². The van der Waals surface area contributed by atoms with E-state index in [0.717, 1.165) is 12.1 Å². The lowest BCUT2D eigenvalue weighted by Crippen LogP contribution is -2.21. The van der Waals surface area contributed by atoms with Crippen LogP contribution in [0.5, 0.6) is 0 Å². The molecule has 0 bridgehead atoms. The lowest BCUT2D eigenvalue weighted by molar-refractivity contribution is -0.118. The summed E-state index contributed by atoms with van der Waals surface area (Å²) in [6.07, 6.45) is 8.60. The number of para-hydroxylation sites is 1. The molecular formula is C13H13NO. The van der Waals surface area contributed by atoms with Crippen LogP contribution in [0.15, 0.2) is 54.6 Å². The zero-order chi connectivity index (χ0) is 10.5. The fourth-order valence-corrected chi connectivity index (χ4v) is 1.53. The molecule has 0 aromatic heterocycles. The third-order valence-electron chi connectivity index (χ3n) is 2.36. The van der Waals surface area contributed by atoms with Crippen LogP contribution in [-0.2, 0) is 4.79 Å². The van der Waals surface area contributed by atoms with Gasteiger partial charge in [-0.15, -0.1) is 0 Å². The molecule has 1 aliphatic rings. The minimum Gasteiger partial charge on any atom is -0.326 e. The van der Waals surface area contributed by atoms with Gasteiger partial charge in [-0.3, -0.25) is 4.79 Å². The van der Waals surface area contributed by atoms with Crippen molar-refractivity contribution in [3.05, 3.63) is 54.6 Å². The first-order chi connectivity index (χ1) is 7.36. The number of benzene rings is 1. The highest BCUT2D eigenvalue weighted by Crippen LogP contribution is 2.14. The van der Waals surface area contributed by atoms with E-state index in [4.69, 9.17) is 0 Å². The largest absolute Gasteiger partial charge is 0.326 e. The number of hydrogen-bond acceptors (Lipinski definition) is 1. The van der Waals surface area contributed by atoms with Gasteiger partial charge >= 0.3 is 0 Å². The number of nitrogens with one attached hydrogen (secondary N) is 1. The molecule has 0 spiro atoms. The Bertz CT molecular complexity index is 392. The number of anilines is 1. The summed E-state index contributed by atoms with van der Waals surface area (Å²) in [5.74, 6) is 0.0250. The number of rotatable bonds is 2. The van der Waals surface area contributed by atoms with Gasteiger partial charge in [-0.2, -0.15) is 0 Å². The molecule has 1 amide bonds. The van der Waals surface area contributed by atoms with E-state index in [1.165, 1.54) is 0 Å². The molecule has 0 aliphatic heterocycles. The minimum absolute atomic E-state index is 0.0322. The maximum absolute atomic E-state index is 11.8. The molecule has 2 rings (SSSR count). The average molecular weight is 199 g/mol. The van der Waals surface area contributed by atoms with Crippen LogP contribution < -0.4 is 5.32 Å². The van der Waals surface area contributed by atoms with Crippen molar-refractivity contribution < 1.29 is 4.79 Å². The van der Waals surface area contributed by atoms with E-state index in [9.17, 15) is 4.79 Å². The van der Waals surface area contributed by atoms with Gasteiger partial charge in [0.05, 0.1) is 5.92 Å². The standard InChI is InChI=1S/C13H13NO/c15-13(11-7-3-1-4-8-11)14-12-9-5-2-6-10-12/h1-7,9-11H,8H2,(H,14,15)/t11-/m0/s1. The first-order valence-electron chi connectivity index (χ1n) is 5.05. The predicted octanol–water partition coefficient (Wildman–Crippen LogP) is 2.76. The van der Waals surface area contributed by atoms with Gasteiger partial charge in [0.25, 0.3) is 0 Å². The Hall–Kier alpha value is -1.83. The van der Waals surface area contributed by atoms with Crippen LogP contribution in [0.4, 0.5) is 5.69 Å². The smallest absolute Gasteiger partial charge is 0.231 e. The van der Waals surface area contributed by atoms with E-state index >= 15 is 0 Å². The summed E-state index contributed by atoms with van der Waals surface area (Å²) in [7, 11) is 0. The summed E-state index contributed by atoms with van der Waals surface area (Å²) >= 11 is 0. The van der Waals surface area contributed by atoms with E-state index in [1.54, 1.807) is 0 Å². The molecule has 0 saturated carbocycles. The fraction of sp³-hybridized carbons (Fsp3) is 0.154. The summed E-state index contributed by atoms with van der Waals surface area (Å²) in [4.78, 5) is 11.8. The van der Waals surface area contributed by atoms with Gasteiger partial charge in [0.15, 0.2) is 0 Å². The minimum atomic E-state index is -0.0322. The molecule has 0 unspecified atom stereocenters. The molecule has 1 aliphatic carbocycles. The summed E-state index contributed by atoms with van der Waals surface area (Å²) < 4.78 is 0. The molecule has 2 heteroatoms. The van der Waals surface area contributed by atoms with Crippen molar-refractivity contribution in [3.8, 4) is 0 Å². The SMILES string of the molecule is O=C(Nc1ccccc1)[C@H]1C=CC=CC1. The second-order valence-corrected chi connectivity index (χ2v) is 3.51. The van der Waals surface area contributed by atoms with E-state index in [1.807, 2.05) is 54.6 Å². The van der Waals surface area contributed by atoms with Gasteiger partial charge in [-0.05, 0) is 18.6 Å². The van der Waals surface area contributed by atoms with Gasteiger partial charge in [0.2, 0.25) is 5.91 Å². The highest BCUT2D eigenvalue weighted by Gasteiger charge is 2.14. The first-order valence-corrected chi connectivity index (χ1v) is 5.05. The molecule has 0 fully saturated rings. The molecular weight excluding hydrogens is 186 g/mol. The van der Waals surface area contributed by atoms with E-state index in [2.05, 4.69) is 5.32 Å². The van der Waals surface area contributed by atoms with Crippen molar-refractivity contribution in [1.29, 1.82) is 0 Å². The molecule has 1 aromatic rings. The number of carbonyl (C=O) groups is 1. The van der Waals surface area contributed by atoms with Gasteiger partial charge in [-0.25, -0.2) is 0 Å². The maximum Gasteiger partial charge on any atom is 0.231 e. The fourth-order valence-electron chi connectivity index (χ4n) is 1.53. The van der Waals surface area contributed by atoms with Crippen molar-refractivity contribution in [2.75, 3.05) is 5.32 Å². The second-order valence-electron chi connectivity index (χ2n) is 3.51. The lowest BCUT2D eigenvalue weighted by Gasteiger charge is -2.12. The van der Waals surface area contributed by atoms with Crippen LogP contribution in [0.25, 0.3) is 0 Å². The Labute approximate surface area is 89.3 Å². The van der Waals surface area contributed by atoms with Gasteiger partial charge in [0, 0.05) is 5.69 Å². The van der Waals surface area contributed by atoms with E-state index in [0.29, 0.717) is 0 Å². The second kappa shape index (κ2) is 4.60.